The molecule has 3 aromatic rings. The van der Waals surface area contributed by atoms with Gasteiger partial charge in [-0.25, -0.2) is 0 Å². The van der Waals surface area contributed by atoms with Crippen molar-refractivity contribution in [1.82, 2.24) is 4.98 Å². The van der Waals surface area contributed by atoms with E-state index in [0.29, 0.717) is 11.8 Å². The van der Waals surface area contributed by atoms with Crippen LogP contribution in [0.25, 0.3) is 10.9 Å². The first kappa shape index (κ1) is 24.3. The van der Waals surface area contributed by atoms with Gasteiger partial charge in [-0.15, -0.1) is 12.6 Å². The average molecular weight is 427 g/mol. The number of ether oxygens (including phenoxy) is 1. The van der Waals surface area contributed by atoms with Gasteiger partial charge < -0.3 is 14.8 Å². The van der Waals surface area contributed by atoms with Crippen LogP contribution in [-0.2, 0) is 4.79 Å². The van der Waals surface area contributed by atoms with Crippen LogP contribution in [0.5, 0.6) is 5.75 Å². The van der Waals surface area contributed by atoms with Crippen molar-refractivity contribution in [1.29, 1.82) is 0 Å². The molecule has 0 fully saturated rings. The summed E-state index contributed by atoms with van der Waals surface area (Å²) < 4.78 is 42.4. The molecule has 5 nitrogen and oxygen atoms in total. The molecule has 156 valence electrons. The van der Waals surface area contributed by atoms with Crippen molar-refractivity contribution in [3.05, 3.63) is 59.8 Å². The third-order valence-electron chi connectivity index (χ3n) is 3.51. The van der Waals surface area contributed by atoms with Gasteiger partial charge in [-0.2, -0.15) is 13.2 Å². The Morgan fingerprint density at radius 1 is 1.17 bits per heavy atom. The fraction of sp³-hybridized carbons (Fsp3) is 0.200. The fourth-order valence-corrected chi connectivity index (χ4v) is 2.42. The number of Topliss-reactive ketones (excluding diaryl/α,β-unsaturated/α-hetero) is 1. The number of fused-ring (bicyclic) bond motifs is 1. The molecule has 9 heteroatoms. The smallest absolute Gasteiger partial charge is 0.454 e. The Bertz CT molecular complexity index is 916. The summed E-state index contributed by atoms with van der Waals surface area (Å²) in [7, 11) is 1.00. The summed E-state index contributed by atoms with van der Waals surface area (Å²) in [5.74, 6) is -1.90. The van der Waals surface area contributed by atoms with E-state index in [1.165, 1.54) is 17.7 Å². The SMILES string of the molecule is CO.Cc1ccc(S)cc1.O=CCOc1cccc2[nH]cc(C(=O)C(F)(F)F)c12. The minimum Gasteiger partial charge on any atom is -0.485 e. The van der Waals surface area contributed by atoms with E-state index in [-0.39, 0.29) is 17.7 Å². The van der Waals surface area contributed by atoms with Crippen molar-refractivity contribution in [3.8, 4) is 5.75 Å². The van der Waals surface area contributed by atoms with E-state index in [0.717, 1.165) is 18.2 Å². The predicted molar refractivity (Wildman–Crippen MR) is 107 cm³/mol. The molecular formula is C20H20F3NO4S. The zero-order chi connectivity index (χ0) is 22.0. The molecule has 0 aliphatic rings. The monoisotopic (exact) mass is 427 g/mol. The van der Waals surface area contributed by atoms with Crippen LogP contribution in [0.1, 0.15) is 15.9 Å². The van der Waals surface area contributed by atoms with Crippen LogP contribution >= 0.6 is 12.6 Å². The molecule has 0 atom stereocenters. The topological polar surface area (TPSA) is 79.4 Å². The number of nitrogens with one attached hydrogen (secondary N) is 1. The zero-order valence-corrected chi connectivity index (χ0v) is 16.6. The molecule has 29 heavy (non-hydrogen) atoms. The number of hydrogen-bond donors (Lipinski definition) is 3. The second kappa shape index (κ2) is 11.3. The van der Waals surface area contributed by atoms with E-state index in [4.69, 9.17) is 9.84 Å². The number of carbonyl (C=O) groups excluding carboxylic acids is 2. The number of aldehydes is 1. The Labute approximate surface area is 170 Å². The van der Waals surface area contributed by atoms with E-state index in [1.807, 2.05) is 24.3 Å². The quantitative estimate of drug-likeness (QED) is 0.328. The molecule has 1 aromatic heterocycles. The van der Waals surface area contributed by atoms with Crippen molar-refractivity contribution in [2.24, 2.45) is 0 Å². The summed E-state index contributed by atoms with van der Waals surface area (Å²) in [5, 5.41) is 7.02. The highest BCUT2D eigenvalue weighted by atomic mass is 32.1. The van der Waals surface area contributed by atoms with E-state index < -0.39 is 17.5 Å². The lowest BCUT2D eigenvalue weighted by Gasteiger charge is -2.07. The number of aliphatic hydroxyl groups is 1. The molecule has 1 heterocycles. The Hall–Kier alpha value is -2.78. The minimum absolute atomic E-state index is 0.0201. The van der Waals surface area contributed by atoms with Gasteiger partial charge in [0.2, 0.25) is 0 Å². The number of aromatic amines is 1. The molecule has 0 bridgehead atoms. The summed E-state index contributed by atoms with van der Waals surface area (Å²) in [6.07, 6.45) is -3.52. The van der Waals surface area contributed by atoms with Crippen LogP contribution in [0.3, 0.4) is 0 Å². The maximum absolute atomic E-state index is 12.5. The summed E-state index contributed by atoms with van der Waals surface area (Å²) in [4.78, 5) is 25.1. The van der Waals surface area contributed by atoms with Crippen molar-refractivity contribution >= 4 is 35.6 Å². The molecule has 0 amide bonds. The highest BCUT2D eigenvalue weighted by molar-refractivity contribution is 7.80. The van der Waals surface area contributed by atoms with E-state index in [9.17, 15) is 22.8 Å². The molecule has 2 aromatic carbocycles. The third-order valence-corrected chi connectivity index (χ3v) is 3.81. The Morgan fingerprint density at radius 3 is 2.31 bits per heavy atom. The third kappa shape index (κ3) is 6.95. The van der Waals surface area contributed by atoms with Crippen LogP contribution in [0, 0.1) is 6.92 Å². The number of halogens is 3. The van der Waals surface area contributed by atoms with Gasteiger partial charge in [-0.05, 0) is 31.2 Å². The van der Waals surface area contributed by atoms with E-state index in [1.54, 1.807) is 6.07 Å². The molecule has 3 rings (SSSR count). The number of rotatable bonds is 4. The normalized spacial score (nSPS) is 10.3. The lowest BCUT2D eigenvalue weighted by atomic mass is 10.1. The van der Waals surface area contributed by atoms with Gasteiger partial charge in [0.25, 0.3) is 5.78 Å². The van der Waals surface area contributed by atoms with Crippen LogP contribution in [0.4, 0.5) is 13.2 Å². The zero-order valence-electron chi connectivity index (χ0n) is 15.7. The van der Waals surface area contributed by atoms with Crippen molar-refractivity contribution in [2.75, 3.05) is 13.7 Å². The molecule has 0 spiro atoms. The van der Waals surface area contributed by atoms with Gasteiger partial charge in [0.15, 0.2) is 6.29 Å². The number of aliphatic hydroxyl groups excluding tert-OH is 1. The fourth-order valence-electron chi connectivity index (χ4n) is 2.27. The van der Waals surface area contributed by atoms with Crippen LogP contribution in [0.2, 0.25) is 0 Å². The van der Waals surface area contributed by atoms with Gasteiger partial charge in [0, 0.05) is 23.7 Å². The summed E-state index contributed by atoms with van der Waals surface area (Å²) >= 11 is 4.13. The first-order valence-corrected chi connectivity index (χ1v) is 8.67. The molecule has 0 saturated carbocycles. The number of thiol groups is 1. The van der Waals surface area contributed by atoms with Crippen molar-refractivity contribution < 1.29 is 32.6 Å². The Kier molecular flexibility index (Phi) is 9.43. The van der Waals surface area contributed by atoms with Gasteiger partial charge in [0.05, 0.1) is 10.9 Å². The number of H-pyrrole nitrogens is 1. The number of aryl methyl sites for hydroxylation is 1. The van der Waals surface area contributed by atoms with Crippen molar-refractivity contribution in [2.45, 2.75) is 18.0 Å². The van der Waals surface area contributed by atoms with Gasteiger partial charge in [-0.1, -0.05) is 23.8 Å². The first-order valence-electron chi connectivity index (χ1n) is 8.22. The maximum atomic E-state index is 12.5. The highest BCUT2D eigenvalue weighted by Crippen LogP contribution is 2.32. The standard InChI is InChI=1S/C12H8F3NO3.C7H8S.CH4O/c13-12(14,15)11(18)7-6-16-8-2-1-3-9(10(7)8)19-5-4-17;1-6-2-4-7(8)5-3-6;1-2/h1-4,6,16H,5H2;2-5,8H,1H3;2H,1H3. The molecule has 0 radical (unpaired) electrons. The van der Waals surface area contributed by atoms with Gasteiger partial charge >= 0.3 is 6.18 Å². The van der Waals surface area contributed by atoms with Crippen molar-refractivity contribution in [3.63, 3.8) is 0 Å². The summed E-state index contributed by atoms with van der Waals surface area (Å²) in [6, 6.07) is 12.5. The largest absolute Gasteiger partial charge is 0.485 e. The van der Waals surface area contributed by atoms with Gasteiger partial charge in [-0.3, -0.25) is 9.59 Å². The Balaban J connectivity index is 0.000000351. The molecule has 2 N–H and O–H groups in total. The molecule has 0 aliphatic carbocycles. The van der Waals surface area contributed by atoms with Crippen LogP contribution in [-0.4, -0.2) is 42.1 Å². The first-order chi connectivity index (χ1) is 13.7. The lowest BCUT2D eigenvalue weighted by molar-refractivity contribution is -0.109. The van der Waals surface area contributed by atoms with Crippen LogP contribution in [0.15, 0.2) is 53.6 Å². The number of benzene rings is 2. The molecule has 0 unspecified atom stereocenters. The lowest BCUT2D eigenvalue weighted by Crippen LogP contribution is -2.22. The molecule has 0 saturated heterocycles. The summed E-state index contributed by atoms with van der Waals surface area (Å²) in [5.41, 5.74) is 1.09. The minimum atomic E-state index is -4.97. The highest BCUT2D eigenvalue weighted by Gasteiger charge is 2.41. The average Bonchev–Trinajstić information content (AvgIpc) is 3.14. The number of alkyl halides is 3. The second-order valence-electron chi connectivity index (χ2n) is 5.52. The molecular weight excluding hydrogens is 407 g/mol. The Morgan fingerprint density at radius 2 is 1.79 bits per heavy atom. The number of carbonyl (C=O) groups is 2. The van der Waals surface area contributed by atoms with E-state index >= 15 is 0 Å². The van der Waals surface area contributed by atoms with E-state index in [2.05, 4.69) is 24.5 Å². The second-order valence-corrected chi connectivity index (χ2v) is 6.04. The predicted octanol–water partition coefficient (Wildman–Crippen LogP) is 4.38. The number of hydrogen-bond acceptors (Lipinski definition) is 5. The van der Waals surface area contributed by atoms with Crippen LogP contribution < -0.4 is 4.74 Å². The maximum Gasteiger partial charge on any atom is 0.454 e. The molecule has 0 aliphatic heterocycles. The van der Waals surface area contributed by atoms with Gasteiger partial charge in [0.1, 0.15) is 12.4 Å². The number of aromatic nitrogens is 1. The summed E-state index contributed by atoms with van der Waals surface area (Å²) in [6.45, 7) is 1.76. The number of ketones is 1.